The van der Waals surface area contributed by atoms with Crippen molar-refractivity contribution in [2.24, 2.45) is 5.92 Å². The summed E-state index contributed by atoms with van der Waals surface area (Å²) in [6.45, 7) is 3.00. The molecule has 2 fully saturated rings. The Labute approximate surface area is 145 Å². The highest BCUT2D eigenvalue weighted by Gasteiger charge is 2.36. The second-order valence-corrected chi connectivity index (χ2v) is 6.92. The third-order valence-electron chi connectivity index (χ3n) is 5.42. The number of nitrogens with two attached hydrogens (primary N) is 1. The zero-order valence-electron chi connectivity index (χ0n) is 14.2. The van der Waals surface area contributed by atoms with Gasteiger partial charge in [0.1, 0.15) is 16.8 Å². The van der Waals surface area contributed by atoms with E-state index in [0.29, 0.717) is 17.5 Å². The van der Waals surface area contributed by atoms with E-state index >= 15 is 0 Å². The number of nitrogen functional groups attached to an aromatic ring is 1. The Bertz CT molecular complexity index is 939. The molecule has 2 aliphatic rings. The fraction of sp³-hybridized carbons (Fsp3) is 0.444. The molecule has 0 amide bonds. The lowest BCUT2D eigenvalue weighted by molar-refractivity contribution is 0.340. The number of fused-ring (bicyclic) bond motifs is 4. The Morgan fingerprint density at radius 2 is 2.24 bits per heavy atom. The molecule has 3 aromatic rings. The number of nitrogens with zero attached hydrogens (tertiary/aromatic N) is 3. The Morgan fingerprint density at radius 3 is 3.08 bits per heavy atom. The first-order valence-corrected chi connectivity index (χ1v) is 8.75. The first-order valence-electron chi connectivity index (χ1n) is 8.75. The van der Waals surface area contributed by atoms with Crippen LogP contribution in [0.5, 0.6) is 5.75 Å². The first kappa shape index (κ1) is 14.8. The molecule has 0 radical (unpaired) electrons. The minimum Gasteiger partial charge on any atom is -0.497 e. The van der Waals surface area contributed by atoms with Crippen molar-refractivity contribution < 1.29 is 9.15 Å². The number of methoxy groups -OCH3 is 1. The van der Waals surface area contributed by atoms with Crippen LogP contribution in [0, 0.1) is 5.92 Å². The van der Waals surface area contributed by atoms with Crippen molar-refractivity contribution in [1.82, 2.24) is 15.3 Å². The SMILES string of the molecule is COc1ccc2oc3c(N4CC5CCCNC5C4)nc(N)nc3c2c1. The number of ether oxygens (including phenoxy) is 1. The van der Waals surface area contributed by atoms with Crippen molar-refractivity contribution >= 4 is 33.8 Å². The van der Waals surface area contributed by atoms with Gasteiger partial charge in [-0.1, -0.05) is 0 Å². The van der Waals surface area contributed by atoms with Crippen molar-refractivity contribution in [2.75, 3.05) is 37.4 Å². The maximum absolute atomic E-state index is 6.11. The molecule has 2 aromatic heterocycles. The standard InChI is InChI=1S/C18H21N5O2/c1-24-11-4-5-14-12(7-11)15-16(25-14)17(22-18(19)21-15)23-8-10-3-2-6-20-13(10)9-23/h4-5,7,10,13,20H,2-3,6,8-9H2,1H3,(H2,19,21,22). The molecule has 2 atom stereocenters. The van der Waals surface area contributed by atoms with E-state index in [1.165, 1.54) is 12.8 Å². The maximum atomic E-state index is 6.11. The summed E-state index contributed by atoms with van der Waals surface area (Å²) in [6, 6.07) is 6.24. The topological polar surface area (TPSA) is 89.4 Å². The molecule has 4 heterocycles. The number of rotatable bonds is 2. The van der Waals surface area contributed by atoms with Crippen LogP contribution in [-0.2, 0) is 0 Å². The average molecular weight is 339 g/mol. The van der Waals surface area contributed by atoms with Crippen LogP contribution in [-0.4, -0.2) is 42.8 Å². The Balaban J connectivity index is 1.65. The highest BCUT2D eigenvalue weighted by atomic mass is 16.5. The molecular formula is C18H21N5O2. The zero-order chi connectivity index (χ0) is 17.0. The van der Waals surface area contributed by atoms with Gasteiger partial charge < -0.3 is 25.1 Å². The summed E-state index contributed by atoms with van der Waals surface area (Å²) in [5, 5.41) is 4.52. The Morgan fingerprint density at radius 1 is 1.32 bits per heavy atom. The first-order chi connectivity index (χ1) is 12.2. The van der Waals surface area contributed by atoms with E-state index in [-0.39, 0.29) is 5.95 Å². The predicted molar refractivity (Wildman–Crippen MR) is 97.0 cm³/mol. The lowest BCUT2D eigenvalue weighted by Gasteiger charge is -2.24. The molecule has 1 aromatic carbocycles. The van der Waals surface area contributed by atoms with Gasteiger partial charge in [-0.05, 0) is 43.5 Å². The molecule has 7 nitrogen and oxygen atoms in total. The molecule has 0 aliphatic carbocycles. The number of piperidine rings is 1. The van der Waals surface area contributed by atoms with Gasteiger partial charge in [0.2, 0.25) is 5.95 Å². The highest BCUT2D eigenvalue weighted by molar-refractivity contribution is 6.06. The Kier molecular flexibility index (Phi) is 3.24. The number of hydrogen-bond donors (Lipinski definition) is 2. The number of furan rings is 1. The maximum Gasteiger partial charge on any atom is 0.222 e. The van der Waals surface area contributed by atoms with Gasteiger partial charge in [-0.25, -0.2) is 4.98 Å². The minimum absolute atomic E-state index is 0.274. The fourth-order valence-electron chi connectivity index (χ4n) is 4.19. The predicted octanol–water partition coefficient (Wildman–Crippen LogP) is 2.15. The van der Waals surface area contributed by atoms with Crippen molar-refractivity contribution in [3.05, 3.63) is 18.2 Å². The van der Waals surface area contributed by atoms with Crippen LogP contribution in [0.3, 0.4) is 0 Å². The summed E-state index contributed by atoms with van der Waals surface area (Å²) >= 11 is 0. The second kappa shape index (κ2) is 5.49. The van der Waals surface area contributed by atoms with E-state index in [1.54, 1.807) is 7.11 Å². The molecular weight excluding hydrogens is 318 g/mol. The summed E-state index contributed by atoms with van der Waals surface area (Å²) < 4.78 is 11.4. The number of anilines is 2. The molecule has 2 saturated heterocycles. The van der Waals surface area contributed by atoms with Gasteiger partial charge in [0.05, 0.1) is 12.5 Å². The van der Waals surface area contributed by atoms with E-state index in [2.05, 4.69) is 20.2 Å². The number of nitrogens with one attached hydrogen (secondary N) is 1. The van der Waals surface area contributed by atoms with E-state index in [4.69, 9.17) is 14.9 Å². The summed E-state index contributed by atoms with van der Waals surface area (Å²) in [6.07, 6.45) is 2.50. The fourth-order valence-corrected chi connectivity index (χ4v) is 4.19. The van der Waals surface area contributed by atoms with Gasteiger partial charge in [-0.3, -0.25) is 0 Å². The van der Waals surface area contributed by atoms with Crippen LogP contribution < -0.4 is 20.7 Å². The normalized spacial score (nSPS) is 23.3. The summed E-state index contributed by atoms with van der Waals surface area (Å²) in [5.41, 5.74) is 8.25. The molecule has 7 heteroatoms. The van der Waals surface area contributed by atoms with Crippen LogP contribution in [0.4, 0.5) is 11.8 Å². The summed E-state index contributed by atoms with van der Waals surface area (Å²) in [5.74, 6) is 2.50. The van der Waals surface area contributed by atoms with Gasteiger partial charge in [0.25, 0.3) is 0 Å². The minimum atomic E-state index is 0.274. The van der Waals surface area contributed by atoms with Crippen molar-refractivity contribution in [3.63, 3.8) is 0 Å². The Hall–Kier alpha value is -2.54. The summed E-state index contributed by atoms with van der Waals surface area (Å²) in [7, 11) is 1.65. The smallest absolute Gasteiger partial charge is 0.222 e. The monoisotopic (exact) mass is 339 g/mol. The molecule has 25 heavy (non-hydrogen) atoms. The van der Waals surface area contributed by atoms with E-state index < -0.39 is 0 Å². The zero-order valence-corrected chi connectivity index (χ0v) is 14.2. The molecule has 0 spiro atoms. The average Bonchev–Trinajstić information content (AvgIpc) is 3.21. The molecule has 5 rings (SSSR count). The molecule has 0 bridgehead atoms. The van der Waals surface area contributed by atoms with Crippen molar-refractivity contribution in [1.29, 1.82) is 0 Å². The quantitative estimate of drug-likeness (QED) is 0.739. The van der Waals surface area contributed by atoms with Gasteiger partial charge >= 0.3 is 0 Å². The molecule has 130 valence electrons. The van der Waals surface area contributed by atoms with Crippen molar-refractivity contribution in [3.8, 4) is 5.75 Å². The molecule has 0 saturated carbocycles. The van der Waals surface area contributed by atoms with Crippen LogP contribution in [0.2, 0.25) is 0 Å². The van der Waals surface area contributed by atoms with Crippen LogP contribution in [0.15, 0.2) is 22.6 Å². The van der Waals surface area contributed by atoms with Crippen LogP contribution in [0.1, 0.15) is 12.8 Å². The molecule has 2 aliphatic heterocycles. The van der Waals surface area contributed by atoms with Gasteiger partial charge in [-0.15, -0.1) is 0 Å². The highest BCUT2D eigenvalue weighted by Crippen LogP contribution is 2.37. The lowest BCUT2D eigenvalue weighted by Crippen LogP contribution is -2.40. The van der Waals surface area contributed by atoms with Crippen molar-refractivity contribution in [2.45, 2.75) is 18.9 Å². The van der Waals surface area contributed by atoms with Gasteiger partial charge in [-0.2, -0.15) is 4.98 Å². The third-order valence-corrected chi connectivity index (χ3v) is 5.42. The summed E-state index contributed by atoms with van der Waals surface area (Å²) in [4.78, 5) is 11.2. The van der Waals surface area contributed by atoms with Crippen LogP contribution in [0.25, 0.3) is 22.1 Å². The largest absolute Gasteiger partial charge is 0.497 e. The second-order valence-electron chi connectivity index (χ2n) is 6.92. The van der Waals surface area contributed by atoms with E-state index in [1.807, 2.05) is 18.2 Å². The number of benzene rings is 1. The lowest BCUT2D eigenvalue weighted by atomic mass is 9.94. The van der Waals surface area contributed by atoms with Crippen LogP contribution >= 0.6 is 0 Å². The third kappa shape index (κ3) is 2.30. The van der Waals surface area contributed by atoms with E-state index in [9.17, 15) is 0 Å². The van der Waals surface area contributed by atoms with Gasteiger partial charge in [0, 0.05) is 19.1 Å². The van der Waals surface area contributed by atoms with E-state index in [0.717, 1.165) is 47.7 Å². The number of hydrogen-bond acceptors (Lipinski definition) is 7. The number of aromatic nitrogens is 2. The van der Waals surface area contributed by atoms with Gasteiger partial charge in [0.15, 0.2) is 11.4 Å². The molecule has 3 N–H and O–H groups in total. The molecule has 2 unspecified atom stereocenters.